The number of urea groups is 1. The molecule has 6 heteroatoms. The van der Waals surface area contributed by atoms with Crippen molar-refractivity contribution >= 4 is 29.1 Å². The van der Waals surface area contributed by atoms with Crippen molar-refractivity contribution in [2.24, 2.45) is 5.73 Å². The van der Waals surface area contributed by atoms with Crippen LogP contribution in [0.4, 0.5) is 16.3 Å². The van der Waals surface area contributed by atoms with Gasteiger partial charge in [0.25, 0.3) is 0 Å². The largest absolute Gasteiger partial charge is 0.324 e. The van der Waals surface area contributed by atoms with Crippen molar-refractivity contribution in [2.45, 2.75) is 0 Å². The lowest BCUT2D eigenvalue weighted by Crippen LogP contribution is -2.20. The molecule has 21 heavy (non-hydrogen) atoms. The summed E-state index contributed by atoms with van der Waals surface area (Å²) in [5.74, 6) is 6.01. The van der Waals surface area contributed by atoms with Gasteiger partial charge in [-0.3, -0.25) is 5.32 Å². The molecule has 2 amide bonds. The molecular formula is C15H13ClN4O. The first kappa shape index (κ1) is 14.9. The highest BCUT2D eigenvalue weighted by atomic mass is 35.5. The fourth-order valence-electron chi connectivity index (χ4n) is 1.57. The van der Waals surface area contributed by atoms with Gasteiger partial charge in [0, 0.05) is 22.5 Å². The molecule has 0 saturated heterocycles. The fraction of sp³-hybridized carbons (Fsp3) is 0.0667. The van der Waals surface area contributed by atoms with Crippen LogP contribution in [0.25, 0.3) is 0 Å². The Morgan fingerprint density at radius 2 is 2.14 bits per heavy atom. The first-order valence-electron chi connectivity index (χ1n) is 6.16. The van der Waals surface area contributed by atoms with Crippen molar-refractivity contribution in [3.05, 3.63) is 53.2 Å². The maximum Gasteiger partial charge on any atom is 0.324 e. The number of nitrogens with zero attached hydrogens (tertiary/aromatic N) is 1. The number of halogens is 1. The summed E-state index contributed by atoms with van der Waals surface area (Å²) in [6, 6.07) is 9.86. The number of pyridine rings is 1. The van der Waals surface area contributed by atoms with Gasteiger partial charge in [-0.2, -0.15) is 0 Å². The van der Waals surface area contributed by atoms with E-state index in [2.05, 4.69) is 27.5 Å². The molecule has 0 fully saturated rings. The van der Waals surface area contributed by atoms with Crippen LogP contribution in [0, 0.1) is 11.8 Å². The number of amides is 2. The van der Waals surface area contributed by atoms with Crippen LogP contribution in [0.2, 0.25) is 5.02 Å². The van der Waals surface area contributed by atoms with Crippen molar-refractivity contribution in [2.75, 3.05) is 17.2 Å². The first-order valence-corrected chi connectivity index (χ1v) is 6.54. The Balaban J connectivity index is 2.02. The number of hydrogen-bond donors (Lipinski definition) is 3. The topological polar surface area (TPSA) is 80.0 Å². The minimum Gasteiger partial charge on any atom is -0.320 e. The summed E-state index contributed by atoms with van der Waals surface area (Å²) in [7, 11) is 0. The zero-order valence-corrected chi connectivity index (χ0v) is 11.8. The van der Waals surface area contributed by atoms with Gasteiger partial charge in [-0.05, 0) is 30.3 Å². The molecule has 0 bridgehead atoms. The van der Waals surface area contributed by atoms with E-state index >= 15 is 0 Å². The molecule has 2 aromatic rings. The van der Waals surface area contributed by atoms with Crippen LogP contribution < -0.4 is 16.4 Å². The van der Waals surface area contributed by atoms with Crippen LogP contribution in [0.15, 0.2) is 42.6 Å². The third kappa shape index (κ3) is 4.80. The lowest BCUT2D eigenvalue weighted by atomic mass is 10.2. The highest BCUT2D eigenvalue weighted by Gasteiger charge is 2.04. The molecule has 0 spiro atoms. The molecule has 0 aliphatic carbocycles. The second-order valence-electron chi connectivity index (χ2n) is 4.03. The van der Waals surface area contributed by atoms with Crippen LogP contribution in [-0.4, -0.2) is 17.6 Å². The lowest BCUT2D eigenvalue weighted by molar-refractivity contribution is 0.262. The monoisotopic (exact) mass is 300 g/mol. The Bertz CT molecular complexity index is 706. The number of carbonyl (C=O) groups is 1. The van der Waals surface area contributed by atoms with Crippen molar-refractivity contribution < 1.29 is 4.79 Å². The van der Waals surface area contributed by atoms with Gasteiger partial charge in [0.15, 0.2) is 0 Å². The molecule has 0 saturated carbocycles. The van der Waals surface area contributed by atoms with E-state index < -0.39 is 6.03 Å². The van der Waals surface area contributed by atoms with Crippen LogP contribution in [-0.2, 0) is 0 Å². The number of rotatable bonds is 2. The molecule has 0 aliphatic heterocycles. The van der Waals surface area contributed by atoms with E-state index in [0.717, 1.165) is 5.56 Å². The van der Waals surface area contributed by atoms with Gasteiger partial charge < -0.3 is 11.1 Å². The number of carbonyl (C=O) groups excluding carboxylic acids is 1. The summed E-state index contributed by atoms with van der Waals surface area (Å²) in [6.07, 6.45) is 1.57. The van der Waals surface area contributed by atoms with Gasteiger partial charge >= 0.3 is 6.03 Å². The number of benzene rings is 1. The van der Waals surface area contributed by atoms with Gasteiger partial charge in [0.1, 0.15) is 5.82 Å². The Kier molecular flexibility index (Phi) is 5.16. The van der Waals surface area contributed by atoms with Crippen LogP contribution in [0.5, 0.6) is 0 Å². The summed E-state index contributed by atoms with van der Waals surface area (Å²) in [5, 5.41) is 5.83. The highest BCUT2D eigenvalue weighted by Crippen LogP contribution is 2.15. The average Bonchev–Trinajstić information content (AvgIpc) is 2.45. The Labute approximate surface area is 127 Å². The molecular weight excluding hydrogens is 288 g/mol. The third-order valence-corrected chi connectivity index (χ3v) is 2.65. The molecule has 0 unspecified atom stereocenters. The second kappa shape index (κ2) is 7.29. The van der Waals surface area contributed by atoms with E-state index in [9.17, 15) is 4.79 Å². The summed E-state index contributed by atoms with van der Waals surface area (Å²) in [4.78, 5) is 15.9. The summed E-state index contributed by atoms with van der Waals surface area (Å²) in [5.41, 5.74) is 6.64. The van der Waals surface area contributed by atoms with Crippen molar-refractivity contribution in [3.8, 4) is 11.8 Å². The molecule has 2 rings (SSSR count). The fourth-order valence-corrected chi connectivity index (χ4v) is 1.76. The average molecular weight is 301 g/mol. The van der Waals surface area contributed by atoms with E-state index in [1.54, 1.807) is 42.6 Å². The molecule has 1 aromatic carbocycles. The standard InChI is InChI=1S/C15H13ClN4O/c16-12-4-1-5-13(10-12)19-15(21)20-14-9-11(3-2-7-17)6-8-18-14/h1,4-6,8-10H,7,17H2,(H2,18,19,20,21). The number of hydrogen-bond acceptors (Lipinski definition) is 3. The van der Waals surface area contributed by atoms with Gasteiger partial charge in [-0.15, -0.1) is 0 Å². The molecule has 0 atom stereocenters. The number of aromatic nitrogens is 1. The highest BCUT2D eigenvalue weighted by molar-refractivity contribution is 6.30. The van der Waals surface area contributed by atoms with E-state index in [4.69, 9.17) is 17.3 Å². The normalized spacial score (nSPS) is 9.43. The molecule has 1 aromatic heterocycles. The molecule has 0 aliphatic rings. The molecule has 1 heterocycles. The lowest BCUT2D eigenvalue weighted by Gasteiger charge is -2.07. The summed E-state index contributed by atoms with van der Waals surface area (Å²) >= 11 is 5.85. The zero-order chi connectivity index (χ0) is 15.1. The van der Waals surface area contributed by atoms with E-state index in [0.29, 0.717) is 16.5 Å². The zero-order valence-electron chi connectivity index (χ0n) is 11.1. The maximum atomic E-state index is 11.9. The third-order valence-electron chi connectivity index (χ3n) is 2.42. The predicted molar refractivity (Wildman–Crippen MR) is 84.3 cm³/mol. The SMILES string of the molecule is NCC#Cc1ccnc(NC(=O)Nc2cccc(Cl)c2)c1. The van der Waals surface area contributed by atoms with E-state index in [1.807, 2.05) is 0 Å². The molecule has 4 N–H and O–H groups in total. The Morgan fingerprint density at radius 1 is 1.29 bits per heavy atom. The summed E-state index contributed by atoms with van der Waals surface area (Å²) < 4.78 is 0. The Morgan fingerprint density at radius 3 is 2.90 bits per heavy atom. The van der Waals surface area contributed by atoms with Crippen molar-refractivity contribution in [1.82, 2.24) is 4.98 Å². The maximum absolute atomic E-state index is 11.9. The predicted octanol–water partition coefficient (Wildman–Crippen LogP) is 2.69. The van der Waals surface area contributed by atoms with Gasteiger partial charge in [0.2, 0.25) is 0 Å². The van der Waals surface area contributed by atoms with Crippen molar-refractivity contribution in [1.29, 1.82) is 0 Å². The van der Waals surface area contributed by atoms with Gasteiger partial charge in [0.05, 0.1) is 6.54 Å². The number of nitrogens with one attached hydrogen (secondary N) is 2. The van der Waals surface area contributed by atoms with Gasteiger partial charge in [-0.1, -0.05) is 29.5 Å². The first-order chi connectivity index (χ1) is 10.2. The van der Waals surface area contributed by atoms with E-state index in [-0.39, 0.29) is 6.54 Å². The Hall–Kier alpha value is -2.55. The minimum absolute atomic E-state index is 0.278. The summed E-state index contributed by atoms with van der Waals surface area (Å²) in [6.45, 7) is 0.278. The number of anilines is 2. The van der Waals surface area contributed by atoms with Gasteiger partial charge in [-0.25, -0.2) is 9.78 Å². The van der Waals surface area contributed by atoms with Crippen LogP contribution in [0.1, 0.15) is 5.56 Å². The smallest absolute Gasteiger partial charge is 0.320 e. The number of nitrogens with two attached hydrogens (primary N) is 1. The molecule has 106 valence electrons. The van der Waals surface area contributed by atoms with Crippen LogP contribution >= 0.6 is 11.6 Å². The molecule has 0 radical (unpaired) electrons. The quantitative estimate of drug-likeness (QED) is 0.746. The van der Waals surface area contributed by atoms with E-state index in [1.165, 1.54) is 0 Å². The van der Waals surface area contributed by atoms with Crippen molar-refractivity contribution in [3.63, 3.8) is 0 Å². The van der Waals surface area contributed by atoms with Crippen LogP contribution in [0.3, 0.4) is 0 Å². The molecule has 5 nitrogen and oxygen atoms in total. The minimum atomic E-state index is -0.409. The second-order valence-corrected chi connectivity index (χ2v) is 4.46.